The average molecular weight is 435 g/mol. The number of para-hydroxylation sites is 2. The average Bonchev–Trinajstić information content (AvgIpc) is 2.59. The summed E-state index contributed by atoms with van der Waals surface area (Å²) in [5.41, 5.74) is 2.70. The van der Waals surface area contributed by atoms with Crippen molar-refractivity contribution in [2.75, 3.05) is 32.1 Å². The van der Waals surface area contributed by atoms with Crippen molar-refractivity contribution in [2.45, 2.75) is 43.0 Å². The molecule has 142 valence electrons. The van der Waals surface area contributed by atoms with Crippen molar-refractivity contribution in [1.29, 1.82) is 0 Å². The molecule has 26 heavy (non-hydrogen) atoms. The minimum atomic E-state index is 0. The van der Waals surface area contributed by atoms with E-state index >= 15 is 0 Å². The van der Waals surface area contributed by atoms with Crippen molar-refractivity contribution >= 4 is 23.1 Å². The van der Waals surface area contributed by atoms with Crippen molar-refractivity contribution in [2.24, 2.45) is 5.92 Å². The van der Waals surface area contributed by atoms with Gasteiger partial charge in [-0.2, -0.15) is 0 Å². The summed E-state index contributed by atoms with van der Waals surface area (Å²) in [7, 11) is 4.76. The molecule has 2 aromatic carbocycles. The van der Waals surface area contributed by atoms with Crippen LogP contribution in [0.15, 0.2) is 58.3 Å². The topological polar surface area (TPSA) is 3.24 Å². The van der Waals surface area contributed by atoms with Gasteiger partial charge in [-0.25, -0.2) is 0 Å². The van der Waals surface area contributed by atoms with Gasteiger partial charge in [0, 0.05) is 9.79 Å². The van der Waals surface area contributed by atoms with Crippen LogP contribution in [0.3, 0.4) is 0 Å². The number of rotatable bonds is 6. The van der Waals surface area contributed by atoms with E-state index in [2.05, 4.69) is 88.3 Å². The third kappa shape index (κ3) is 4.65. The zero-order valence-corrected chi connectivity index (χ0v) is 19.0. The van der Waals surface area contributed by atoms with E-state index in [9.17, 15) is 0 Å². The highest BCUT2D eigenvalue weighted by atomic mass is 79.9. The highest BCUT2D eigenvalue weighted by molar-refractivity contribution is 7.99. The maximum absolute atomic E-state index is 2.53. The van der Waals surface area contributed by atoms with E-state index in [-0.39, 0.29) is 17.0 Å². The molecule has 2 nitrogen and oxygen atoms in total. The number of nitrogens with zero attached hydrogens (tertiary/aromatic N) is 2. The van der Waals surface area contributed by atoms with Gasteiger partial charge in [0.05, 0.1) is 38.6 Å². The quantitative estimate of drug-likeness (QED) is 0.642. The van der Waals surface area contributed by atoms with Crippen LogP contribution in [-0.2, 0) is 0 Å². The first kappa shape index (κ1) is 21.3. The first-order valence-electron chi connectivity index (χ1n) is 9.34. The van der Waals surface area contributed by atoms with Crippen LogP contribution >= 0.6 is 11.8 Å². The molecule has 1 atom stereocenters. The summed E-state index contributed by atoms with van der Waals surface area (Å²) in [6.45, 7) is 9.30. The van der Waals surface area contributed by atoms with Crippen LogP contribution in [0.25, 0.3) is 0 Å². The number of hydrogen-bond acceptors (Lipinski definition) is 2. The minimum absolute atomic E-state index is 0. The van der Waals surface area contributed by atoms with Crippen LogP contribution in [0.4, 0.5) is 11.4 Å². The molecule has 0 saturated carbocycles. The molecule has 0 amide bonds. The second kappa shape index (κ2) is 8.81. The highest BCUT2D eigenvalue weighted by Crippen LogP contribution is 2.47. The molecule has 0 spiro atoms. The summed E-state index contributed by atoms with van der Waals surface area (Å²) in [6.07, 6.45) is 1.28. The van der Waals surface area contributed by atoms with E-state index in [1.54, 1.807) is 0 Å². The van der Waals surface area contributed by atoms with Crippen LogP contribution in [0.2, 0.25) is 0 Å². The fourth-order valence-electron chi connectivity index (χ4n) is 3.27. The van der Waals surface area contributed by atoms with Gasteiger partial charge < -0.3 is 26.4 Å². The minimum Gasteiger partial charge on any atom is -1.00 e. The summed E-state index contributed by atoms with van der Waals surface area (Å²) in [5, 5.41) is 0. The zero-order valence-electron chi connectivity index (χ0n) is 16.6. The van der Waals surface area contributed by atoms with E-state index in [0.717, 1.165) is 16.9 Å². The lowest BCUT2D eigenvalue weighted by Crippen LogP contribution is -3.00. The third-order valence-electron chi connectivity index (χ3n) is 5.45. The van der Waals surface area contributed by atoms with E-state index in [1.807, 2.05) is 11.8 Å². The molecule has 0 fully saturated rings. The number of fused-ring (bicyclic) bond motifs is 2. The largest absolute Gasteiger partial charge is 1.00 e. The Balaban J connectivity index is 0.00000243. The number of quaternary nitrogens is 1. The van der Waals surface area contributed by atoms with E-state index in [0.29, 0.717) is 6.04 Å². The van der Waals surface area contributed by atoms with Crippen LogP contribution in [0, 0.1) is 5.92 Å². The molecule has 0 aliphatic carbocycles. The maximum atomic E-state index is 2.53. The van der Waals surface area contributed by atoms with Gasteiger partial charge in [0.25, 0.3) is 0 Å². The molecular formula is C22H31BrN2S. The molecule has 0 aromatic heterocycles. The summed E-state index contributed by atoms with van der Waals surface area (Å²) in [4.78, 5) is 5.25. The van der Waals surface area contributed by atoms with Gasteiger partial charge in [-0.3, -0.25) is 0 Å². The standard InChI is InChI=1S/C22H31N2S.BrH/c1-17(2)14-15-24(4,5)18(3)16-23-19-10-6-8-12-21(19)25-22-13-9-7-11-20(22)23;/h6-13,17-18H,14-16H2,1-5H3;1H/q+1;/p-1. The molecule has 3 rings (SSSR count). The van der Waals surface area contributed by atoms with Gasteiger partial charge in [0.15, 0.2) is 0 Å². The van der Waals surface area contributed by atoms with E-state index in [1.165, 1.54) is 34.1 Å². The molecule has 1 heterocycles. The van der Waals surface area contributed by atoms with Gasteiger partial charge in [0.1, 0.15) is 6.04 Å². The van der Waals surface area contributed by atoms with E-state index < -0.39 is 0 Å². The lowest BCUT2D eigenvalue weighted by molar-refractivity contribution is -0.912. The van der Waals surface area contributed by atoms with Crippen molar-refractivity contribution in [3.05, 3.63) is 48.5 Å². The van der Waals surface area contributed by atoms with Crippen molar-refractivity contribution in [1.82, 2.24) is 0 Å². The summed E-state index contributed by atoms with van der Waals surface area (Å²) >= 11 is 1.89. The summed E-state index contributed by atoms with van der Waals surface area (Å²) in [5.74, 6) is 0.762. The lowest BCUT2D eigenvalue weighted by Gasteiger charge is -2.41. The van der Waals surface area contributed by atoms with Crippen LogP contribution < -0.4 is 21.9 Å². The Morgan fingerprint density at radius 1 is 0.885 bits per heavy atom. The zero-order chi connectivity index (χ0) is 18.0. The monoisotopic (exact) mass is 434 g/mol. The number of halogens is 1. The van der Waals surface area contributed by atoms with Crippen LogP contribution in [0.5, 0.6) is 0 Å². The Bertz CT molecular complexity index is 684. The maximum Gasteiger partial charge on any atom is 0.104 e. The summed E-state index contributed by atoms with van der Waals surface area (Å²) in [6, 6.07) is 18.2. The molecule has 0 bridgehead atoms. The van der Waals surface area contributed by atoms with Gasteiger partial charge in [0.2, 0.25) is 0 Å². The molecule has 1 aliphatic rings. The molecule has 1 aliphatic heterocycles. The molecular weight excluding hydrogens is 404 g/mol. The SMILES string of the molecule is CC(C)CC[N+](C)(C)C(C)CN1c2ccccc2Sc2ccccc21.[Br-]. The predicted molar refractivity (Wildman–Crippen MR) is 110 cm³/mol. The highest BCUT2D eigenvalue weighted by Gasteiger charge is 2.30. The first-order valence-corrected chi connectivity index (χ1v) is 10.2. The van der Waals surface area contributed by atoms with E-state index in [4.69, 9.17) is 0 Å². The second-order valence-corrected chi connectivity index (χ2v) is 9.27. The van der Waals surface area contributed by atoms with Gasteiger partial charge in [-0.1, -0.05) is 49.9 Å². The van der Waals surface area contributed by atoms with Crippen molar-refractivity contribution < 1.29 is 21.5 Å². The fourth-order valence-corrected chi connectivity index (χ4v) is 4.37. The van der Waals surface area contributed by atoms with Gasteiger partial charge >= 0.3 is 0 Å². The van der Waals surface area contributed by atoms with Gasteiger partial charge in [-0.15, -0.1) is 0 Å². The molecule has 4 heteroatoms. The Labute approximate surface area is 173 Å². The first-order chi connectivity index (χ1) is 11.9. The second-order valence-electron chi connectivity index (χ2n) is 8.18. The Kier molecular flexibility index (Phi) is 7.23. The molecule has 2 aromatic rings. The molecule has 0 N–H and O–H groups in total. The predicted octanol–water partition coefficient (Wildman–Crippen LogP) is 2.80. The molecule has 0 saturated heterocycles. The number of likely N-dealkylation sites (N-methyl/N-ethyl adjacent to an activating group) is 1. The smallest absolute Gasteiger partial charge is 0.104 e. The molecule has 0 radical (unpaired) electrons. The summed E-state index contributed by atoms with van der Waals surface area (Å²) < 4.78 is 1.06. The third-order valence-corrected chi connectivity index (χ3v) is 6.59. The number of anilines is 2. The van der Waals surface area contributed by atoms with Crippen molar-refractivity contribution in [3.63, 3.8) is 0 Å². The van der Waals surface area contributed by atoms with Crippen LogP contribution in [0.1, 0.15) is 27.2 Å². The van der Waals surface area contributed by atoms with Gasteiger partial charge in [-0.05, 0) is 43.5 Å². The van der Waals surface area contributed by atoms with Crippen molar-refractivity contribution in [3.8, 4) is 0 Å². The Morgan fingerprint density at radius 2 is 1.38 bits per heavy atom. The molecule has 1 unspecified atom stereocenters. The number of benzene rings is 2. The lowest BCUT2D eigenvalue weighted by atomic mass is 10.1. The van der Waals surface area contributed by atoms with Crippen LogP contribution in [-0.4, -0.2) is 37.7 Å². The Morgan fingerprint density at radius 3 is 1.88 bits per heavy atom. The number of hydrogen-bond donors (Lipinski definition) is 0. The normalized spacial score (nSPS) is 14.5. The Hall–Kier alpha value is -0.970. The fraction of sp³-hybridized carbons (Fsp3) is 0.455.